The molecule has 2 unspecified atom stereocenters. The fourth-order valence-electron chi connectivity index (χ4n) is 3.54. The number of rotatable bonds is 5. The summed E-state index contributed by atoms with van der Waals surface area (Å²) in [6.07, 6.45) is 2.76. The molecule has 0 saturated carbocycles. The number of carbonyl (C=O) groups excluding carboxylic acids is 1. The lowest BCUT2D eigenvalue weighted by molar-refractivity contribution is -0.172. The molecule has 134 valence electrons. The van der Waals surface area contributed by atoms with Gasteiger partial charge in [-0.05, 0) is 35.7 Å². The monoisotopic (exact) mass is 369 g/mol. The van der Waals surface area contributed by atoms with Gasteiger partial charge in [0.15, 0.2) is 6.10 Å². The number of nitrogens with two attached hydrogens (primary N) is 1. The van der Waals surface area contributed by atoms with Crippen LogP contribution in [0.25, 0.3) is 10.9 Å². The second-order valence-corrected chi connectivity index (χ2v) is 6.99. The minimum Gasteiger partial charge on any atom is -0.367 e. The normalized spacial score (nSPS) is 20.7. The summed E-state index contributed by atoms with van der Waals surface area (Å²) in [5.41, 5.74) is 8.82. The SMILES string of the molecule is NC(=O)C1CC(c2ccccc2)N(CCc2c[nH]c3ccc(Cl)cc23)O1. The van der Waals surface area contributed by atoms with Crippen molar-refractivity contribution in [3.63, 3.8) is 0 Å². The van der Waals surface area contributed by atoms with Gasteiger partial charge in [-0.25, -0.2) is 0 Å². The first-order chi connectivity index (χ1) is 12.6. The van der Waals surface area contributed by atoms with Crippen molar-refractivity contribution in [2.24, 2.45) is 5.73 Å². The first-order valence-corrected chi connectivity index (χ1v) is 9.03. The maximum absolute atomic E-state index is 11.6. The average molecular weight is 370 g/mol. The van der Waals surface area contributed by atoms with E-state index < -0.39 is 12.0 Å². The number of halogens is 1. The number of hydrogen-bond donors (Lipinski definition) is 2. The first-order valence-electron chi connectivity index (χ1n) is 8.65. The Kier molecular flexibility index (Phi) is 4.68. The highest BCUT2D eigenvalue weighted by molar-refractivity contribution is 6.31. The van der Waals surface area contributed by atoms with Gasteiger partial charge < -0.3 is 10.7 Å². The second kappa shape index (κ2) is 7.11. The number of nitrogens with one attached hydrogen (secondary N) is 1. The molecule has 0 spiro atoms. The maximum Gasteiger partial charge on any atom is 0.248 e. The molecule has 3 aromatic rings. The van der Waals surface area contributed by atoms with Crippen LogP contribution in [-0.2, 0) is 16.1 Å². The quantitative estimate of drug-likeness (QED) is 0.721. The van der Waals surface area contributed by atoms with Crippen molar-refractivity contribution in [3.05, 3.63) is 70.9 Å². The predicted molar refractivity (Wildman–Crippen MR) is 102 cm³/mol. The Labute approximate surface area is 156 Å². The van der Waals surface area contributed by atoms with Gasteiger partial charge in [-0.3, -0.25) is 9.63 Å². The summed E-state index contributed by atoms with van der Waals surface area (Å²) in [5, 5.41) is 3.71. The fourth-order valence-corrected chi connectivity index (χ4v) is 3.71. The third-order valence-corrected chi connectivity index (χ3v) is 5.12. The van der Waals surface area contributed by atoms with E-state index >= 15 is 0 Å². The van der Waals surface area contributed by atoms with E-state index in [4.69, 9.17) is 22.2 Å². The van der Waals surface area contributed by atoms with Gasteiger partial charge in [-0.2, -0.15) is 5.06 Å². The molecule has 1 aromatic heterocycles. The largest absolute Gasteiger partial charge is 0.367 e. The van der Waals surface area contributed by atoms with Crippen molar-refractivity contribution >= 4 is 28.4 Å². The summed E-state index contributed by atoms with van der Waals surface area (Å²) in [4.78, 5) is 20.7. The van der Waals surface area contributed by atoms with Crippen LogP contribution < -0.4 is 5.73 Å². The van der Waals surface area contributed by atoms with Crippen LogP contribution >= 0.6 is 11.6 Å². The predicted octanol–water partition coefficient (Wildman–Crippen LogP) is 3.60. The van der Waals surface area contributed by atoms with Crippen molar-refractivity contribution in [2.45, 2.75) is 25.0 Å². The third kappa shape index (κ3) is 3.33. The number of amides is 1. The van der Waals surface area contributed by atoms with E-state index in [-0.39, 0.29) is 6.04 Å². The summed E-state index contributed by atoms with van der Waals surface area (Å²) in [7, 11) is 0. The Hall–Kier alpha value is -2.34. The highest BCUT2D eigenvalue weighted by atomic mass is 35.5. The molecule has 3 N–H and O–H groups in total. The minimum atomic E-state index is -0.586. The third-order valence-electron chi connectivity index (χ3n) is 4.88. The zero-order chi connectivity index (χ0) is 18.1. The zero-order valence-corrected chi connectivity index (χ0v) is 14.9. The Morgan fingerprint density at radius 3 is 2.85 bits per heavy atom. The zero-order valence-electron chi connectivity index (χ0n) is 14.2. The minimum absolute atomic E-state index is 0.0162. The van der Waals surface area contributed by atoms with Crippen molar-refractivity contribution in [1.82, 2.24) is 10.0 Å². The molecule has 1 aliphatic rings. The Balaban J connectivity index is 1.54. The molecule has 1 fully saturated rings. The number of fused-ring (bicyclic) bond motifs is 1. The van der Waals surface area contributed by atoms with Crippen molar-refractivity contribution in [3.8, 4) is 0 Å². The fraction of sp³-hybridized carbons (Fsp3) is 0.250. The van der Waals surface area contributed by atoms with Crippen molar-refractivity contribution in [1.29, 1.82) is 0 Å². The van der Waals surface area contributed by atoms with Gasteiger partial charge >= 0.3 is 0 Å². The number of carbonyl (C=O) groups is 1. The molecule has 2 heterocycles. The van der Waals surface area contributed by atoms with Gasteiger partial charge in [-0.15, -0.1) is 0 Å². The smallest absolute Gasteiger partial charge is 0.248 e. The van der Waals surface area contributed by atoms with E-state index in [1.807, 2.05) is 47.7 Å². The van der Waals surface area contributed by atoms with Crippen LogP contribution in [0.4, 0.5) is 0 Å². The molecule has 0 aliphatic carbocycles. The summed E-state index contributed by atoms with van der Waals surface area (Å²) in [6, 6.07) is 15.9. The molecular weight excluding hydrogens is 350 g/mol. The lowest BCUT2D eigenvalue weighted by atomic mass is 10.0. The van der Waals surface area contributed by atoms with Crippen LogP contribution in [0.3, 0.4) is 0 Å². The van der Waals surface area contributed by atoms with E-state index in [1.165, 1.54) is 5.56 Å². The molecule has 0 radical (unpaired) electrons. The number of H-pyrrole nitrogens is 1. The van der Waals surface area contributed by atoms with Crippen LogP contribution in [0, 0.1) is 0 Å². The highest BCUT2D eigenvalue weighted by Gasteiger charge is 2.37. The van der Waals surface area contributed by atoms with Gasteiger partial charge in [0.2, 0.25) is 5.91 Å². The van der Waals surface area contributed by atoms with Gasteiger partial charge in [0, 0.05) is 35.1 Å². The van der Waals surface area contributed by atoms with E-state index in [1.54, 1.807) is 0 Å². The number of benzene rings is 2. The molecule has 2 aromatic carbocycles. The number of hydroxylamine groups is 2. The maximum atomic E-state index is 11.6. The van der Waals surface area contributed by atoms with E-state index in [2.05, 4.69) is 17.1 Å². The van der Waals surface area contributed by atoms with E-state index in [0.717, 1.165) is 22.9 Å². The van der Waals surface area contributed by atoms with Gasteiger partial charge in [-0.1, -0.05) is 41.9 Å². The number of aromatic nitrogens is 1. The highest BCUT2D eigenvalue weighted by Crippen LogP contribution is 2.34. The lowest BCUT2D eigenvalue weighted by Crippen LogP contribution is -2.30. The van der Waals surface area contributed by atoms with Crippen LogP contribution in [0.1, 0.15) is 23.6 Å². The summed E-state index contributed by atoms with van der Waals surface area (Å²) >= 11 is 6.13. The Morgan fingerprint density at radius 1 is 1.27 bits per heavy atom. The second-order valence-electron chi connectivity index (χ2n) is 6.55. The molecule has 2 atom stereocenters. The van der Waals surface area contributed by atoms with Crippen LogP contribution in [-0.4, -0.2) is 28.6 Å². The molecule has 26 heavy (non-hydrogen) atoms. The summed E-state index contributed by atoms with van der Waals surface area (Å²) < 4.78 is 0. The number of hydrogen-bond acceptors (Lipinski definition) is 3. The number of aromatic amines is 1. The molecule has 6 heteroatoms. The Morgan fingerprint density at radius 2 is 2.08 bits per heavy atom. The first kappa shape index (κ1) is 17.1. The molecule has 1 aliphatic heterocycles. The van der Waals surface area contributed by atoms with Crippen molar-refractivity contribution in [2.75, 3.05) is 6.54 Å². The van der Waals surface area contributed by atoms with E-state index in [0.29, 0.717) is 18.0 Å². The summed E-state index contributed by atoms with van der Waals surface area (Å²) in [6.45, 7) is 0.656. The van der Waals surface area contributed by atoms with E-state index in [9.17, 15) is 4.79 Å². The topological polar surface area (TPSA) is 71.4 Å². The molecule has 1 amide bonds. The number of primary amides is 1. The average Bonchev–Trinajstić information content (AvgIpc) is 3.24. The molecular formula is C20H20ClN3O2. The standard InChI is InChI=1S/C20H20ClN3O2/c21-15-6-7-17-16(10-15)14(12-23-17)8-9-24-18(11-19(26-24)20(22)25)13-4-2-1-3-5-13/h1-7,10,12,18-19,23H,8-9,11H2,(H2,22,25). The van der Waals surface area contributed by atoms with Crippen LogP contribution in [0.15, 0.2) is 54.7 Å². The van der Waals surface area contributed by atoms with Crippen LogP contribution in [0.2, 0.25) is 5.02 Å². The van der Waals surface area contributed by atoms with Crippen molar-refractivity contribution < 1.29 is 9.63 Å². The molecule has 5 nitrogen and oxygen atoms in total. The van der Waals surface area contributed by atoms with Gasteiger partial charge in [0.05, 0.1) is 6.04 Å². The Bertz CT molecular complexity index is 925. The van der Waals surface area contributed by atoms with Gasteiger partial charge in [0.1, 0.15) is 0 Å². The van der Waals surface area contributed by atoms with Crippen LogP contribution in [0.5, 0.6) is 0 Å². The van der Waals surface area contributed by atoms with Gasteiger partial charge in [0.25, 0.3) is 0 Å². The molecule has 4 rings (SSSR count). The molecule has 0 bridgehead atoms. The lowest BCUT2D eigenvalue weighted by Gasteiger charge is -2.22. The summed E-state index contributed by atoms with van der Waals surface area (Å²) in [5.74, 6) is -0.424. The number of nitrogens with zero attached hydrogens (tertiary/aromatic N) is 1. The molecule has 1 saturated heterocycles.